The van der Waals surface area contributed by atoms with E-state index < -0.39 is 11.9 Å². The van der Waals surface area contributed by atoms with Crippen molar-refractivity contribution in [1.29, 1.82) is 5.26 Å². The van der Waals surface area contributed by atoms with Gasteiger partial charge in [0.1, 0.15) is 17.4 Å². The quantitative estimate of drug-likeness (QED) is 0.707. The van der Waals surface area contributed by atoms with Crippen LogP contribution < -0.4 is 10.5 Å². The van der Waals surface area contributed by atoms with Gasteiger partial charge in [0.15, 0.2) is 0 Å². The molecule has 1 aliphatic heterocycles. The summed E-state index contributed by atoms with van der Waals surface area (Å²) in [7, 11) is 1.33. The number of benzene rings is 2. The molecule has 2 N–H and O–H groups in total. The number of nitriles is 1. The number of ether oxygens (including phenoxy) is 2. The second-order valence-electron chi connectivity index (χ2n) is 6.12. The molecule has 3 aromatic rings. The van der Waals surface area contributed by atoms with Crippen molar-refractivity contribution in [1.82, 2.24) is 4.98 Å². The average Bonchev–Trinajstić information content (AvgIpc) is 2.72. The van der Waals surface area contributed by atoms with E-state index in [1.165, 1.54) is 7.11 Å². The Bertz CT molecular complexity index is 1140. The van der Waals surface area contributed by atoms with Gasteiger partial charge < -0.3 is 15.2 Å². The number of esters is 1. The molecule has 0 amide bonds. The third-order valence-corrected chi connectivity index (χ3v) is 4.64. The van der Waals surface area contributed by atoms with E-state index in [0.29, 0.717) is 16.9 Å². The van der Waals surface area contributed by atoms with Crippen LogP contribution in [-0.4, -0.2) is 18.1 Å². The Morgan fingerprint density at radius 1 is 1.30 bits per heavy atom. The number of methoxy groups -OCH3 is 1. The number of carbonyl (C=O) groups excluding carboxylic acids is 1. The molecule has 1 aliphatic rings. The Labute approximate surface area is 155 Å². The summed E-state index contributed by atoms with van der Waals surface area (Å²) in [6.07, 6.45) is 3.42. The molecule has 2 aromatic carbocycles. The van der Waals surface area contributed by atoms with Crippen molar-refractivity contribution in [2.24, 2.45) is 5.73 Å². The lowest BCUT2D eigenvalue weighted by Gasteiger charge is -2.27. The van der Waals surface area contributed by atoms with Gasteiger partial charge in [-0.2, -0.15) is 5.26 Å². The molecular weight excluding hydrogens is 342 g/mol. The number of allylic oxidation sites excluding steroid dienone is 1. The summed E-state index contributed by atoms with van der Waals surface area (Å²) in [5.41, 5.74) is 8.35. The first-order chi connectivity index (χ1) is 13.1. The van der Waals surface area contributed by atoms with Crippen LogP contribution in [0.2, 0.25) is 0 Å². The predicted molar refractivity (Wildman–Crippen MR) is 98.8 cm³/mol. The molecule has 0 saturated carbocycles. The van der Waals surface area contributed by atoms with Gasteiger partial charge in [0.05, 0.1) is 18.6 Å². The van der Waals surface area contributed by atoms with Gasteiger partial charge in [0.25, 0.3) is 0 Å². The number of aromatic nitrogens is 1. The fourth-order valence-electron chi connectivity index (χ4n) is 3.39. The van der Waals surface area contributed by atoms with Crippen molar-refractivity contribution < 1.29 is 14.3 Å². The Hall–Kier alpha value is -3.85. The van der Waals surface area contributed by atoms with Crippen LogP contribution in [0.15, 0.2) is 66.3 Å². The molecule has 2 heterocycles. The summed E-state index contributed by atoms with van der Waals surface area (Å²) in [6, 6.07) is 14.8. The maximum Gasteiger partial charge on any atom is 0.337 e. The van der Waals surface area contributed by atoms with Crippen LogP contribution in [0.5, 0.6) is 5.75 Å². The van der Waals surface area contributed by atoms with E-state index in [0.717, 1.165) is 21.9 Å². The van der Waals surface area contributed by atoms with Crippen LogP contribution in [-0.2, 0) is 4.74 Å². The van der Waals surface area contributed by atoms with Crippen molar-refractivity contribution in [2.75, 3.05) is 7.11 Å². The molecule has 0 fully saturated rings. The molecule has 6 heteroatoms. The van der Waals surface area contributed by atoms with E-state index in [1.807, 2.05) is 24.3 Å². The first kappa shape index (κ1) is 16.6. The number of nitrogens with zero attached hydrogens (tertiary/aromatic N) is 2. The lowest BCUT2D eigenvalue weighted by Crippen LogP contribution is -2.21. The van der Waals surface area contributed by atoms with E-state index in [9.17, 15) is 10.1 Å². The van der Waals surface area contributed by atoms with Crippen molar-refractivity contribution in [2.45, 2.75) is 5.92 Å². The minimum absolute atomic E-state index is 0.0581. The molecule has 1 aromatic heterocycles. The summed E-state index contributed by atoms with van der Waals surface area (Å²) in [5, 5.41) is 11.5. The molecule has 0 spiro atoms. The van der Waals surface area contributed by atoms with Crippen LogP contribution in [0, 0.1) is 11.3 Å². The number of fused-ring (bicyclic) bond motifs is 3. The fourth-order valence-corrected chi connectivity index (χ4v) is 3.39. The van der Waals surface area contributed by atoms with E-state index >= 15 is 0 Å². The Kier molecular flexibility index (Phi) is 3.98. The fraction of sp³-hybridized carbons (Fsp3) is 0.0952. The number of hydrogen-bond donors (Lipinski definition) is 1. The highest BCUT2D eigenvalue weighted by molar-refractivity contribution is 5.91. The SMILES string of the molecule is COC(=O)c1cccc(C2C(C#N)=C(N)Oc3c2ccc2cnccc32)c1. The van der Waals surface area contributed by atoms with Gasteiger partial charge >= 0.3 is 5.97 Å². The Morgan fingerprint density at radius 3 is 2.93 bits per heavy atom. The number of carbonyl (C=O) groups is 1. The van der Waals surface area contributed by atoms with Gasteiger partial charge in [0, 0.05) is 28.7 Å². The molecule has 0 saturated heterocycles. The molecule has 27 heavy (non-hydrogen) atoms. The van der Waals surface area contributed by atoms with Gasteiger partial charge in [-0.3, -0.25) is 4.98 Å². The Balaban J connectivity index is 1.96. The van der Waals surface area contributed by atoms with E-state index in [1.54, 1.807) is 30.6 Å². The van der Waals surface area contributed by atoms with Gasteiger partial charge in [-0.25, -0.2) is 4.79 Å². The van der Waals surface area contributed by atoms with Crippen molar-refractivity contribution in [3.05, 3.63) is 83.0 Å². The molecule has 1 atom stereocenters. The smallest absolute Gasteiger partial charge is 0.337 e. The maximum atomic E-state index is 11.9. The lowest BCUT2D eigenvalue weighted by atomic mass is 9.82. The highest BCUT2D eigenvalue weighted by Gasteiger charge is 2.32. The van der Waals surface area contributed by atoms with E-state index in [2.05, 4.69) is 11.1 Å². The molecule has 6 nitrogen and oxygen atoms in total. The molecule has 0 radical (unpaired) electrons. The Morgan fingerprint density at radius 2 is 2.15 bits per heavy atom. The second-order valence-corrected chi connectivity index (χ2v) is 6.12. The molecular formula is C21H15N3O3. The second kappa shape index (κ2) is 6.46. The van der Waals surface area contributed by atoms with Gasteiger partial charge in [-0.05, 0) is 23.8 Å². The van der Waals surface area contributed by atoms with Crippen LogP contribution >= 0.6 is 0 Å². The molecule has 4 rings (SSSR count). The summed E-state index contributed by atoms with van der Waals surface area (Å²) in [6.45, 7) is 0. The van der Waals surface area contributed by atoms with Gasteiger partial charge in [-0.15, -0.1) is 0 Å². The molecule has 0 bridgehead atoms. The third kappa shape index (κ3) is 2.66. The van der Waals surface area contributed by atoms with E-state index in [-0.39, 0.29) is 5.88 Å². The van der Waals surface area contributed by atoms with Gasteiger partial charge in [-0.1, -0.05) is 24.3 Å². The van der Waals surface area contributed by atoms with Crippen LogP contribution in [0.3, 0.4) is 0 Å². The number of nitrogens with two attached hydrogens (primary N) is 1. The topological polar surface area (TPSA) is 98.2 Å². The summed E-state index contributed by atoms with van der Waals surface area (Å²) < 4.78 is 10.6. The van der Waals surface area contributed by atoms with Crippen molar-refractivity contribution in [3.8, 4) is 11.8 Å². The first-order valence-electron chi connectivity index (χ1n) is 8.26. The number of rotatable bonds is 2. The number of pyridine rings is 1. The van der Waals surface area contributed by atoms with Crippen molar-refractivity contribution >= 4 is 16.7 Å². The van der Waals surface area contributed by atoms with Crippen LogP contribution in [0.4, 0.5) is 0 Å². The third-order valence-electron chi connectivity index (χ3n) is 4.64. The highest BCUT2D eigenvalue weighted by atomic mass is 16.5. The highest BCUT2D eigenvalue weighted by Crippen LogP contribution is 2.45. The minimum Gasteiger partial charge on any atom is -0.465 e. The largest absolute Gasteiger partial charge is 0.465 e. The average molecular weight is 357 g/mol. The number of hydrogen-bond acceptors (Lipinski definition) is 6. The summed E-state index contributed by atoms with van der Waals surface area (Å²) >= 11 is 0. The molecule has 1 unspecified atom stereocenters. The minimum atomic E-state index is -0.444. The van der Waals surface area contributed by atoms with Gasteiger partial charge in [0.2, 0.25) is 5.88 Å². The maximum absolute atomic E-state index is 11.9. The zero-order valence-electron chi connectivity index (χ0n) is 14.5. The standard InChI is InChI=1S/C21H15N3O3/c1-26-21(25)13-4-2-3-12(9-13)18-16-6-5-14-11-24-8-7-15(14)19(16)27-20(23)17(18)10-22/h2-9,11,18H,23H2,1H3. The zero-order chi connectivity index (χ0) is 19.0. The van der Waals surface area contributed by atoms with E-state index in [4.69, 9.17) is 15.2 Å². The summed E-state index contributed by atoms with van der Waals surface area (Å²) in [5.74, 6) is -0.229. The first-order valence-corrected chi connectivity index (χ1v) is 8.26. The van der Waals surface area contributed by atoms with Crippen LogP contribution in [0.25, 0.3) is 10.8 Å². The molecule has 0 aliphatic carbocycles. The molecule has 132 valence electrons. The summed E-state index contributed by atoms with van der Waals surface area (Å²) in [4.78, 5) is 16.1. The predicted octanol–water partition coefficient (Wildman–Crippen LogP) is 3.24. The zero-order valence-corrected chi connectivity index (χ0v) is 14.5. The normalized spacial score (nSPS) is 15.6. The van der Waals surface area contributed by atoms with Crippen molar-refractivity contribution in [3.63, 3.8) is 0 Å². The monoisotopic (exact) mass is 357 g/mol. The lowest BCUT2D eigenvalue weighted by molar-refractivity contribution is 0.0600. The van der Waals surface area contributed by atoms with Crippen LogP contribution in [0.1, 0.15) is 27.4 Å².